The second-order valence-corrected chi connectivity index (χ2v) is 6.26. The van der Waals surface area contributed by atoms with Gasteiger partial charge in [-0.15, -0.1) is 0 Å². The fourth-order valence-electron chi connectivity index (χ4n) is 2.40. The third-order valence-corrected chi connectivity index (χ3v) is 4.08. The van der Waals surface area contributed by atoms with Gasteiger partial charge in [0.1, 0.15) is 0 Å². The van der Waals surface area contributed by atoms with E-state index in [1.54, 1.807) is 0 Å². The van der Waals surface area contributed by atoms with E-state index in [9.17, 15) is 0 Å². The predicted molar refractivity (Wildman–Crippen MR) is 92.5 cm³/mol. The van der Waals surface area contributed by atoms with Gasteiger partial charge in [-0.3, -0.25) is 4.98 Å². The van der Waals surface area contributed by atoms with E-state index < -0.39 is 0 Å². The molecule has 0 aliphatic rings. The maximum absolute atomic E-state index is 4.42. The summed E-state index contributed by atoms with van der Waals surface area (Å²) in [6.07, 6.45) is 6.25. The van der Waals surface area contributed by atoms with Gasteiger partial charge in [0.05, 0.1) is 0 Å². The van der Waals surface area contributed by atoms with Gasteiger partial charge in [-0.25, -0.2) is 0 Å². The van der Waals surface area contributed by atoms with Gasteiger partial charge in [-0.2, -0.15) is 0 Å². The molecule has 1 heterocycles. The molecule has 2 nitrogen and oxygen atoms in total. The Bertz CT molecular complexity index is 511. The molecule has 2 rings (SSSR count). The summed E-state index contributed by atoms with van der Waals surface area (Å²) in [5.74, 6) is 0. The molecule has 1 aromatic heterocycles. The Labute approximate surface area is 136 Å². The van der Waals surface area contributed by atoms with Crippen LogP contribution in [0.3, 0.4) is 0 Å². The first-order valence-electron chi connectivity index (χ1n) is 7.65. The molecule has 1 N–H and O–H groups in total. The van der Waals surface area contributed by atoms with E-state index in [1.165, 1.54) is 17.7 Å². The average Bonchev–Trinajstić information content (AvgIpc) is 2.53. The molecule has 0 aliphatic heterocycles. The fraction of sp³-hybridized carbons (Fsp3) is 0.389. The number of nitrogens with one attached hydrogen (secondary N) is 1. The van der Waals surface area contributed by atoms with Crippen LogP contribution in [0.15, 0.2) is 53.1 Å². The summed E-state index contributed by atoms with van der Waals surface area (Å²) in [5, 5.41) is 3.66. The third-order valence-electron chi connectivity index (χ3n) is 3.55. The molecule has 0 fully saturated rings. The van der Waals surface area contributed by atoms with Crippen molar-refractivity contribution in [3.8, 4) is 0 Å². The Hall–Kier alpha value is -1.19. The molecule has 0 radical (unpaired) electrons. The molecule has 3 heteroatoms. The number of pyridine rings is 1. The highest BCUT2D eigenvalue weighted by Gasteiger charge is 2.09. The summed E-state index contributed by atoms with van der Waals surface area (Å²) in [4.78, 5) is 4.42. The lowest BCUT2D eigenvalue weighted by molar-refractivity contribution is 0.475. The fourth-order valence-corrected chi connectivity index (χ4v) is 2.66. The standard InChI is InChI=1S/C18H23BrN2/c1-2-12-20-18(11-10-17-5-3-4-13-21-17)14-15-6-8-16(19)9-7-15/h3-9,13,18,20H,2,10-12,14H2,1H3. The van der Waals surface area contributed by atoms with Crippen molar-refractivity contribution < 1.29 is 0 Å². The Kier molecular flexibility index (Phi) is 6.90. The van der Waals surface area contributed by atoms with Gasteiger partial charge < -0.3 is 5.32 Å². The molecule has 0 aliphatic carbocycles. The molecule has 0 amide bonds. The molecule has 2 aromatic rings. The molecule has 21 heavy (non-hydrogen) atoms. The topological polar surface area (TPSA) is 24.9 Å². The van der Waals surface area contributed by atoms with Crippen molar-refractivity contribution in [2.45, 2.75) is 38.6 Å². The number of nitrogens with zero attached hydrogens (tertiary/aromatic N) is 1. The predicted octanol–water partition coefficient (Wildman–Crippen LogP) is 4.39. The highest BCUT2D eigenvalue weighted by Crippen LogP contribution is 2.14. The molecule has 0 saturated carbocycles. The van der Waals surface area contributed by atoms with Gasteiger partial charge in [0.2, 0.25) is 0 Å². The molecule has 0 saturated heterocycles. The summed E-state index contributed by atoms with van der Waals surface area (Å²) in [6.45, 7) is 3.28. The Morgan fingerprint density at radius 1 is 1.14 bits per heavy atom. The van der Waals surface area contributed by atoms with E-state index in [-0.39, 0.29) is 0 Å². The van der Waals surface area contributed by atoms with Gasteiger partial charge in [-0.05, 0) is 62.1 Å². The van der Waals surface area contributed by atoms with Crippen LogP contribution in [0.5, 0.6) is 0 Å². The Balaban J connectivity index is 1.92. The molecular weight excluding hydrogens is 324 g/mol. The van der Waals surface area contributed by atoms with Crippen LogP contribution in [-0.2, 0) is 12.8 Å². The lowest BCUT2D eigenvalue weighted by Crippen LogP contribution is -2.32. The first-order chi connectivity index (χ1) is 10.3. The van der Waals surface area contributed by atoms with E-state index in [4.69, 9.17) is 0 Å². The zero-order valence-corrected chi connectivity index (χ0v) is 14.1. The first kappa shape index (κ1) is 16.2. The average molecular weight is 347 g/mol. The minimum Gasteiger partial charge on any atom is -0.314 e. The zero-order chi connectivity index (χ0) is 14.9. The second-order valence-electron chi connectivity index (χ2n) is 5.34. The maximum atomic E-state index is 4.42. The third kappa shape index (κ3) is 5.98. The van der Waals surface area contributed by atoms with Crippen LogP contribution in [0.25, 0.3) is 0 Å². The van der Waals surface area contributed by atoms with E-state index in [0.717, 1.165) is 30.3 Å². The van der Waals surface area contributed by atoms with E-state index in [0.29, 0.717) is 6.04 Å². The summed E-state index contributed by atoms with van der Waals surface area (Å²) in [7, 11) is 0. The molecular formula is C18H23BrN2. The van der Waals surface area contributed by atoms with Crippen molar-refractivity contribution in [1.29, 1.82) is 0 Å². The lowest BCUT2D eigenvalue weighted by atomic mass is 10.0. The number of halogens is 1. The van der Waals surface area contributed by atoms with Crippen LogP contribution in [0.4, 0.5) is 0 Å². The van der Waals surface area contributed by atoms with Gasteiger partial charge in [-0.1, -0.05) is 41.1 Å². The monoisotopic (exact) mass is 346 g/mol. The van der Waals surface area contributed by atoms with Crippen LogP contribution < -0.4 is 5.32 Å². The smallest absolute Gasteiger partial charge is 0.0404 e. The number of hydrogen-bond acceptors (Lipinski definition) is 2. The molecule has 112 valence electrons. The van der Waals surface area contributed by atoms with Crippen LogP contribution in [0.2, 0.25) is 0 Å². The summed E-state index contributed by atoms with van der Waals surface area (Å²) in [6, 6.07) is 15.3. The maximum Gasteiger partial charge on any atom is 0.0404 e. The SMILES string of the molecule is CCCNC(CCc1ccccn1)Cc1ccc(Br)cc1. The molecule has 1 atom stereocenters. The van der Waals surface area contributed by atoms with Crippen LogP contribution in [0.1, 0.15) is 31.0 Å². The largest absolute Gasteiger partial charge is 0.314 e. The van der Waals surface area contributed by atoms with Crippen molar-refractivity contribution in [2.75, 3.05) is 6.54 Å². The number of aryl methyl sites for hydroxylation is 1. The Morgan fingerprint density at radius 2 is 1.95 bits per heavy atom. The van der Waals surface area contributed by atoms with E-state index >= 15 is 0 Å². The van der Waals surface area contributed by atoms with E-state index in [2.05, 4.69) is 69.6 Å². The number of benzene rings is 1. The highest BCUT2D eigenvalue weighted by molar-refractivity contribution is 9.10. The summed E-state index contributed by atoms with van der Waals surface area (Å²) in [5.41, 5.74) is 2.56. The summed E-state index contributed by atoms with van der Waals surface area (Å²) >= 11 is 3.49. The van der Waals surface area contributed by atoms with Crippen molar-refractivity contribution >= 4 is 15.9 Å². The van der Waals surface area contributed by atoms with Crippen molar-refractivity contribution in [3.63, 3.8) is 0 Å². The summed E-state index contributed by atoms with van der Waals surface area (Å²) < 4.78 is 1.14. The zero-order valence-electron chi connectivity index (χ0n) is 12.6. The minimum atomic E-state index is 0.508. The number of hydrogen-bond donors (Lipinski definition) is 1. The van der Waals surface area contributed by atoms with E-state index in [1.807, 2.05) is 12.3 Å². The second kappa shape index (κ2) is 8.96. The number of aromatic nitrogens is 1. The van der Waals surface area contributed by atoms with Gasteiger partial charge in [0, 0.05) is 22.4 Å². The molecule has 1 aromatic carbocycles. The van der Waals surface area contributed by atoms with Gasteiger partial charge >= 0.3 is 0 Å². The van der Waals surface area contributed by atoms with Gasteiger partial charge in [0.15, 0.2) is 0 Å². The van der Waals surface area contributed by atoms with Crippen molar-refractivity contribution in [1.82, 2.24) is 10.3 Å². The molecule has 0 bridgehead atoms. The number of rotatable bonds is 8. The minimum absolute atomic E-state index is 0.508. The molecule has 0 spiro atoms. The van der Waals surface area contributed by atoms with Crippen LogP contribution in [-0.4, -0.2) is 17.6 Å². The van der Waals surface area contributed by atoms with Crippen LogP contribution in [0, 0.1) is 0 Å². The highest BCUT2D eigenvalue weighted by atomic mass is 79.9. The molecule has 1 unspecified atom stereocenters. The lowest BCUT2D eigenvalue weighted by Gasteiger charge is -2.18. The normalized spacial score (nSPS) is 12.3. The van der Waals surface area contributed by atoms with Crippen molar-refractivity contribution in [2.24, 2.45) is 0 Å². The quantitative estimate of drug-likeness (QED) is 0.766. The van der Waals surface area contributed by atoms with Gasteiger partial charge in [0.25, 0.3) is 0 Å². The Morgan fingerprint density at radius 3 is 2.62 bits per heavy atom. The van der Waals surface area contributed by atoms with Crippen LogP contribution >= 0.6 is 15.9 Å². The van der Waals surface area contributed by atoms with Crippen molar-refractivity contribution in [3.05, 3.63) is 64.4 Å². The first-order valence-corrected chi connectivity index (χ1v) is 8.45.